The number of hydrogen-bond acceptors (Lipinski definition) is 8. The summed E-state index contributed by atoms with van der Waals surface area (Å²) in [5.74, 6) is 0.0131. The molecule has 0 aliphatic carbocycles. The van der Waals surface area contributed by atoms with E-state index >= 15 is 0 Å². The molecule has 3 aromatic rings. The highest BCUT2D eigenvalue weighted by Crippen LogP contribution is 2.23. The Bertz CT molecular complexity index is 1140. The van der Waals surface area contributed by atoms with Crippen molar-refractivity contribution in [1.29, 1.82) is 0 Å². The summed E-state index contributed by atoms with van der Waals surface area (Å²) in [6.45, 7) is 1.82. The quantitative estimate of drug-likeness (QED) is 0.627. The average molecular weight is 427 g/mol. The molecule has 13 heteroatoms. The number of nitrogens with zero attached hydrogens (tertiary/aromatic N) is 4. The Balaban J connectivity index is 1.87. The highest BCUT2D eigenvalue weighted by Gasteiger charge is 2.27. The topological polar surface area (TPSA) is 137 Å². The normalized spacial score (nSPS) is 11.3. The number of amides is 2. The molecule has 28 heavy (non-hydrogen) atoms. The lowest BCUT2D eigenvalue weighted by Crippen LogP contribution is -2.35. The van der Waals surface area contributed by atoms with E-state index < -0.39 is 16.1 Å². The first-order valence-electron chi connectivity index (χ1n) is 7.68. The number of aromatic nitrogens is 4. The van der Waals surface area contributed by atoms with E-state index in [0.29, 0.717) is 5.65 Å². The molecule has 0 unspecified atom stereocenters. The zero-order valence-corrected chi connectivity index (χ0v) is 16.5. The van der Waals surface area contributed by atoms with Crippen molar-refractivity contribution in [2.75, 3.05) is 19.5 Å². The van der Waals surface area contributed by atoms with Crippen LogP contribution in [0.25, 0.3) is 5.65 Å². The van der Waals surface area contributed by atoms with Crippen LogP contribution in [0.3, 0.4) is 0 Å². The highest BCUT2D eigenvalue weighted by molar-refractivity contribution is 7.90. The fraction of sp³-hybridized carbons (Fsp3) is 0.200. The zero-order valence-electron chi connectivity index (χ0n) is 14.9. The number of rotatable bonds is 5. The number of pyridine rings is 1. The fourth-order valence-electron chi connectivity index (χ4n) is 2.30. The summed E-state index contributed by atoms with van der Waals surface area (Å²) in [5, 5.41) is 1.56. The molecule has 0 saturated carbocycles. The third kappa shape index (κ3) is 3.92. The maximum absolute atomic E-state index is 12.7. The van der Waals surface area contributed by atoms with Crippen LogP contribution in [0.2, 0.25) is 5.15 Å². The predicted octanol–water partition coefficient (Wildman–Crippen LogP) is 1.61. The molecule has 0 aliphatic heterocycles. The number of methoxy groups -OCH3 is 2. The number of ether oxygens (including phenoxy) is 2. The second-order valence-corrected chi connectivity index (χ2v) is 7.43. The van der Waals surface area contributed by atoms with E-state index in [1.54, 1.807) is 12.1 Å². The number of sulfonamides is 1. The van der Waals surface area contributed by atoms with Crippen molar-refractivity contribution in [3.8, 4) is 11.8 Å². The highest BCUT2D eigenvalue weighted by atomic mass is 35.5. The molecule has 0 aromatic carbocycles. The summed E-state index contributed by atoms with van der Waals surface area (Å²) in [6, 6.07) is 3.62. The zero-order chi connectivity index (χ0) is 20.5. The van der Waals surface area contributed by atoms with Crippen LogP contribution >= 0.6 is 11.6 Å². The van der Waals surface area contributed by atoms with Crippen molar-refractivity contribution >= 4 is 39.3 Å². The minimum Gasteiger partial charge on any atom is -0.481 e. The molecule has 2 amide bonds. The van der Waals surface area contributed by atoms with Gasteiger partial charge in [0.25, 0.3) is 10.0 Å². The monoisotopic (exact) mass is 426 g/mol. The molecule has 11 nitrogen and oxygen atoms in total. The first-order chi connectivity index (χ1) is 13.2. The second-order valence-electron chi connectivity index (χ2n) is 5.48. The van der Waals surface area contributed by atoms with E-state index in [0.717, 1.165) is 5.56 Å². The lowest BCUT2D eigenvalue weighted by molar-refractivity contribution is 0.256. The maximum Gasteiger partial charge on any atom is 0.335 e. The van der Waals surface area contributed by atoms with Crippen LogP contribution in [0.15, 0.2) is 29.4 Å². The van der Waals surface area contributed by atoms with Gasteiger partial charge in [0, 0.05) is 6.20 Å². The molecule has 3 heterocycles. The number of hydrogen-bond donors (Lipinski definition) is 2. The summed E-state index contributed by atoms with van der Waals surface area (Å²) in [4.78, 5) is 24.0. The molecule has 2 N–H and O–H groups in total. The smallest absolute Gasteiger partial charge is 0.335 e. The third-order valence-electron chi connectivity index (χ3n) is 3.50. The van der Waals surface area contributed by atoms with Gasteiger partial charge < -0.3 is 9.47 Å². The molecular formula is C15H15ClN6O5S. The van der Waals surface area contributed by atoms with Crippen LogP contribution in [0.4, 0.5) is 10.7 Å². The second kappa shape index (κ2) is 7.48. The van der Waals surface area contributed by atoms with Gasteiger partial charge in [-0.1, -0.05) is 11.6 Å². The first kappa shape index (κ1) is 19.6. The summed E-state index contributed by atoms with van der Waals surface area (Å²) in [7, 11) is -1.62. The first-order valence-corrected chi connectivity index (χ1v) is 9.54. The van der Waals surface area contributed by atoms with Gasteiger partial charge in [0.1, 0.15) is 5.65 Å². The lowest BCUT2D eigenvalue weighted by atomic mass is 10.3. The molecule has 0 aliphatic rings. The number of carbonyl (C=O) groups is 1. The molecule has 0 bridgehead atoms. The van der Waals surface area contributed by atoms with Gasteiger partial charge in [0.15, 0.2) is 10.2 Å². The van der Waals surface area contributed by atoms with E-state index in [2.05, 4.69) is 20.3 Å². The molecule has 148 valence electrons. The molecule has 0 atom stereocenters. The third-order valence-corrected chi connectivity index (χ3v) is 5.23. The Morgan fingerprint density at radius 2 is 1.79 bits per heavy atom. The van der Waals surface area contributed by atoms with Gasteiger partial charge in [0.2, 0.25) is 17.7 Å². The number of fused-ring (bicyclic) bond motifs is 1. The van der Waals surface area contributed by atoms with Gasteiger partial charge in [-0.05, 0) is 24.6 Å². The van der Waals surface area contributed by atoms with Crippen LogP contribution in [0, 0.1) is 6.92 Å². The Labute approximate surface area is 164 Å². The molecular weight excluding hydrogens is 412 g/mol. The maximum atomic E-state index is 12.7. The van der Waals surface area contributed by atoms with Crippen molar-refractivity contribution < 1.29 is 22.7 Å². The van der Waals surface area contributed by atoms with Crippen molar-refractivity contribution in [2.45, 2.75) is 11.9 Å². The van der Waals surface area contributed by atoms with Crippen LogP contribution < -0.4 is 19.5 Å². The summed E-state index contributed by atoms with van der Waals surface area (Å²) < 4.78 is 38.3. The van der Waals surface area contributed by atoms with Crippen LogP contribution in [-0.4, -0.2) is 48.0 Å². The Morgan fingerprint density at radius 3 is 2.39 bits per heavy atom. The van der Waals surface area contributed by atoms with Crippen LogP contribution in [-0.2, 0) is 10.0 Å². The number of urea groups is 1. The Kier molecular flexibility index (Phi) is 5.25. The van der Waals surface area contributed by atoms with Crippen molar-refractivity contribution in [1.82, 2.24) is 24.1 Å². The van der Waals surface area contributed by atoms with E-state index in [1.165, 1.54) is 30.9 Å². The largest absolute Gasteiger partial charge is 0.481 e. The number of anilines is 1. The Hall–Kier alpha value is -3.12. The number of carbonyl (C=O) groups excluding carboxylic acids is 1. The van der Waals surface area contributed by atoms with Gasteiger partial charge in [0.05, 0.1) is 20.3 Å². The van der Waals surface area contributed by atoms with Gasteiger partial charge in [-0.2, -0.15) is 18.4 Å². The van der Waals surface area contributed by atoms with Crippen molar-refractivity contribution in [3.05, 3.63) is 35.1 Å². The summed E-state index contributed by atoms with van der Waals surface area (Å²) in [6.07, 6.45) is 1.49. The summed E-state index contributed by atoms with van der Waals surface area (Å²) in [5.41, 5.74) is 1.19. The molecule has 0 saturated heterocycles. The van der Waals surface area contributed by atoms with E-state index in [4.69, 9.17) is 21.1 Å². The lowest BCUT2D eigenvalue weighted by Gasteiger charge is -2.09. The standard InChI is InChI=1S/C15H15ClN6O5S/c1-8-4-5-22-9(6-8)17-12(16)13(22)28(24,25)21-15(23)20-14-18-10(26-2)7-11(19-14)27-3/h4-7H,1-3H3,(H2,18,19,20,21,23). The molecule has 0 fully saturated rings. The van der Waals surface area contributed by atoms with Crippen molar-refractivity contribution in [3.63, 3.8) is 0 Å². The molecule has 0 spiro atoms. The van der Waals surface area contributed by atoms with Crippen LogP contribution in [0.1, 0.15) is 5.56 Å². The average Bonchev–Trinajstić information content (AvgIpc) is 2.96. The minimum absolute atomic E-state index is 0.116. The number of aryl methyl sites for hydroxylation is 1. The van der Waals surface area contributed by atoms with Gasteiger partial charge in [-0.25, -0.2) is 14.5 Å². The number of halogens is 1. The fourth-order valence-corrected chi connectivity index (χ4v) is 3.86. The van der Waals surface area contributed by atoms with E-state index in [-0.39, 0.29) is 27.9 Å². The molecule has 3 aromatic heterocycles. The number of imidazole rings is 1. The molecule has 0 radical (unpaired) electrons. The molecule has 3 rings (SSSR count). The van der Waals surface area contributed by atoms with Gasteiger partial charge in [-0.3, -0.25) is 9.72 Å². The van der Waals surface area contributed by atoms with Gasteiger partial charge >= 0.3 is 6.03 Å². The van der Waals surface area contributed by atoms with E-state index in [1.807, 2.05) is 11.6 Å². The van der Waals surface area contributed by atoms with Gasteiger partial charge in [-0.15, -0.1) is 0 Å². The predicted molar refractivity (Wildman–Crippen MR) is 99.4 cm³/mol. The minimum atomic E-state index is -4.35. The van der Waals surface area contributed by atoms with E-state index in [9.17, 15) is 13.2 Å². The summed E-state index contributed by atoms with van der Waals surface area (Å²) >= 11 is 5.99. The number of nitrogens with one attached hydrogen (secondary N) is 2. The Morgan fingerprint density at radius 1 is 1.14 bits per heavy atom. The van der Waals surface area contributed by atoms with Crippen LogP contribution in [0.5, 0.6) is 11.8 Å². The SMILES string of the molecule is COc1cc(OC)nc(NC(=O)NS(=O)(=O)c2c(Cl)nc3cc(C)ccn23)n1. The van der Waals surface area contributed by atoms with Crippen molar-refractivity contribution in [2.24, 2.45) is 0 Å².